The first-order valence-corrected chi connectivity index (χ1v) is 6.82. The zero-order chi connectivity index (χ0) is 13.9. The molecule has 108 valence electrons. The van der Waals surface area contributed by atoms with Gasteiger partial charge in [0.25, 0.3) is 0 Å². The van der Waals surface area contributed by atoms with Gasteiger partial charge < -0.3 is 19.5 Å². The first kappa shape index (κ1) is 15.8. The van der Waals surface area contributed by atoms with Crippen LogP contribution in [-0.2, 0) is 4.74 Å². The fraction of sp³-hybridized carbons (Fsp3) is 0.600. The Morgan fingerprint density at radius 3 is 2.42 bits per heavy atom. The van der Waals surface area contributed by atoms with Gasteiger partial charge in [0.15, 0.2) is 11.5 Å². The topological polar surface area (TPSA) is 39.7 Å². The average molecular weight is 267 g/mol. The minimum atomic E-state index is 0.385. The predicted molar refractivity (Wildman–Crippen MR) is 77.1 cm³/mol. The van der Waals surface area contributed by atoms with Crippen molar-refractivity contribution in [2.45, 2.75) is 25.8 Å². The molecule has 0 aliphatic heterocycles. The maximum Gasteiger partial charge on any atom is 0.161 e. The molecule has 19 heavy (non-hydrogen) atoms. The number of nitrogens with one attached hydrogen (secondary N) is 1. The largest absolute Gasteiger partial charge is 0.490 e. The number of benzene rings is 1. The van der Waals surface area contributed by atoms with Gasteiger partial charge in [-0.1, -0.05) is 12.1 Å². The van der Waals surface area contributed by atoms with Gasteiger partial charge in [0.05, 0.1) is 19.8 Å². The van der Waals surface area contributed by atoms with Crippen molar-refractivity contribution < 1.29 is 14.2 Å². The van der Waals surface area contributed by atoms with E-state index in [1.165, 1.54) is 0 Å². The Bertz CT molecular complexity index is 344. The van der Waals surface area contributed by atoms with Gasteiger partial charge in [0.2, 0.25) is 0 Å². The summed E-state index contributed by atoms with van der Waals surface area (Å²) in [5.74, 6) is 1.63. The number of rotatable bonds is 10. The van der Waals surface area contributed by atoms with Crippen molar-refractivity contribution in [2.75, 3.05) is 34.0 Å². The van der Waals surface area contributed by atoms with Gasteiger partial charge >= 0.3 is 0 Å². The van der Waals surface area contributed by atoms with E-state index in [0.29, 0.717) is 19.3 Å². The molecule has 1 atom stereocenters. The highest BCUT2D eigenvalue weighted by Gasteiger charge is 2.06. The van der Waals surface area contributed by atoms with Gasteiger partial charge in [-0.05, 0) is 38.9 Å². The minimum absolute atomic E-state index is 0.385. The molecular weight excluding hydrogens is 242 g/mol. The summed E-state index contributed by atoms with van der Waals surface area (Å²) >= 11 is 0. The number of methoxy groups -OCH3 is 1. The van der Waals surface area contributed by atoms with Gasteiger partial charge in [0, 0.05) is 13.2 Å². The van der Waals surface area contributed by atoms with E-state index in [4.69, 9.17) is 14.2 Å². The molecule has 1 aromatic rings. The SMILES string of the molecule is CCOc1ccccc1OCCCC(COC)NC. The Morgan fingerprint density at radius 1 is 1.16 bits per heavy atom. The first-order valence-electron chi connectivity index (χ1n) is 6.82. The van der Waals surface area contributed by atoms with Crippen LogP contribution in [0.1, 0.15) is 19.8 Å². The van der Waals surface area contributed by atoms with E-state index in [-0.39, 0.29) is 0 Å². The summed E-state index contributed by atoms with van der Waals surface area (Å²) in [6.45, 7) is 4.03. The van der Waals surface area contributed by atoms with Crippen LogP contribution in [0.15, 0.2) is 24.3 Å². The van der Waals surface area contributed by atoms with E-state index < -0.39 is 0 Å². The van der Waals surface area contributed by atoms with E-state index >= 15 is 0 Å². The molecule has 4 nitrogen and oxygen atoms in total. The van der Waals surface area contributed by atoms with Gasteiger partial charge in [-0.3, -0.25) is 0 Å². The van der Waals surface area contributed by atoms with Crippen LogP contribution in [0, 0.1) is 0 Å². The number of para-hydroxylation sites is 2. The molecule has 0 saturated carbocycles. The summed E-state index contributed by atoms with van der Waals surface area (Å²) in [6.07, 6.45) is 2.01. The monoisotopic (exact) mass is 267 g/mol. The fourth-order valence-electron chi connectivity index (χ4n) is 1.87. The van der Waals surface area contributed by atoms with Crippen LogP contribution < -0.4 is 14.8 Å². The first-order chi connectivity index (χ1) is 9.31. The van der Waals surface area contributed by atoms with E-state index in [1.807, 2.05) is 38.2 Å². The molecule has 1 N–H and O–H groups in total. The van der Waals surface area contributed by atoms with Crippen LogP contribution in [0.5, 0.6) is 11.5 Å². The molecule has 0 amide bonds. The lowest BCUT2D eigenvalue weighted by molar-refractivity contribution is 0.161. The molecular formula is C15H25NO3. The van der Waals surface area contributed by atoms with E-state index in [1.54, 1.807) is 7.11 Å². The van der Waals surface area contributed by atoms with Gasteiger partial charge in [-0.2, -0.15) is 0 Å². The zero-order valence-electron chi connectivity index (χ0n) is 12.1. The molecule has 1 aromatic carbocycles. The van der Waals surface area contributed by atoms with Crippen LogP contribution in [0.25, 0.3) is 0 Å². The van der Waals surface area contributed by atoms with Crippen LogP contribution >= 0.6 is 0 Å². The number of likely N-dealkylation sites (N-methyl/N-ethyl adjacent to an activating group) is 1. The molecule has 1 unspecified atom stereocenters. The minimum Gasteiger partial charge on any atom is -0.490 e. The van der Waals surface area contributed by atoms with Crippen LogP contribution in [0.2, 0.25) is 0 Å². The van der Waals surface area contributed by atoms with Crippen molar-refractivity contribution >= 4 is 0 Å². The summed E-state index contributed by atoms with van der Waals surface area (Å²) in [4.78, 5) is 0. The molecule has 1 rings (SSSR count). The maximum atomic E-state index is 5.77. The third-order valence-electron chi connectivity index (χ3n) is 2.88. The Kier molecular flexibility index (Phi) is 8.02. The Balaban J connectivity index is 2.32. The maximum absolute atomic E-state index is 5.77. The van der Waals surface area contributed by atoms with Crippen LogP contribution in [-0.4, -0.2) is 40.0 Å². The molecule has 0 aliphatic carbocycles. The molecule has 0 radical (unpaired) electrons. The molecule has 0 bridgehead atoms. The highest BCUT2D eigenvalue weighted by molar-refractivity contribution is 5.39. The standard InChI is InChI=1S/C15H25NO3/c1-4-18-14-9-5-6-10-15(14)19-11-7-8-13(16-2)12-17-3/h5-6,9-10,13,16H,4,7-8,11-12H2,1-3H3. The van der Waals surface area contributed by atoms with Gasteiger partial charge in [-0.25, -0.2) is 0 Å². The lowest BCUT2D eigenvalue weighted by atomic mass is 10.2. The number of hydrogen-bond acceptors (Lipinski definition) is 4. The summed E-state index contributed by atoms with van der Waals surface area (Å²) in [7, 11) is 3.67. The quantitative estimate of drug-likeness (QED) is 0.661. The van der Waals surface area contributed by atoms with Crippen molar-refractivity contribution in [1.82, 2.24) is 5.32 Å². The smallest absolute Gasteiger partial charge is 0.161 e. The molecule has 0 aromatic heterocycles. The Morgan fingerprint density at radius 2 is 1.84 bits per heavy atom. The fourth-order valence-corrected chi connectivity index (χ4v) is 1.87. The van der Waals surface area contributed by atoms with Crippen molar-refractivity contribution in [3.63, 3.8) is 0 Å². The predicted octanol–water partition coefficient (Wildman–Crippen LogP) is 2.48. The summed E-state index contributed by atoms with van der Waals surface area (Å²) in [5, 5.41) is 3.23. The molecule has 0 heterocycles. The van der Waals surface area contributed by atoms with Crippen molar-refractivity contribution in [1.29, 1.82) is 0 Å². The lowest BCUT2D eigenvalue weighted by Gasteiger charge is -2.15. The van der Waals surface area contributed by atoms with Crippen molar-refractivity contribution in [3.8, 4) is 11.5 Å². The zero-order valence-corrected chi connectivity index (χ0v) is 12.1. The van der Waals surface area contributed by atoms with Crippen molar-refractivity contribution in [2.24, 2.45) is 0 Å². The normalized spacial score (nSPS) is 12.2. The highest BCUT2D eigenvalue weighted by Crippen LogP contribution is 2.26. The second-order valence-corrected chi connectivity index (χ2v) is 4.31. The molecule has 0 spiro atoms. The number of hydrogen-bond donors (Lipinski definition) is 1. The second-order valence-electron chi connectivity index (χ2n) is 4.31. The van der Waals surface area contributed by atoms with Crippen LogP contribution in [0.3, 0.4) is 0 Å². The number of ether oxygens (including phenoxy) is 3. The van der Waals surface area contributed by atoms with E-state index in [0.717, 1.165) is 30.9 Å². The Labute approximate surface area is 116 Å². The van der Waals surface area contributed by atoms with Crippen LogP contribution in [0.4, 0.5) is 0 Å². The van der Waals surface area contributed by atoms with E-state index in [9.17, 15) is 0 Å². The third-order valence-corrected chi connectivity index (χ3v) is 2.88. The molecule has 0 saturated heterocycles. The summed E-state index contributed by atoms with van der Waals surface area (Å²) in [5.41, 5.74) is 0. The van der Waals surface area contributed by atoms with E-state index in [2.05, 4.69) is 5.32 Å². The molecule has 4 heteroatoms. The van der Waals surface area contributed by atoms with Gasteiger partial charge in [-0.15, -0.1) is 0 Å². The third kappa shape index (κ3) is 5.94. The molecule has 0 aliphatic rings. The Hall–Kier alpha value is -1.26. The average Bonchev–Trinajstić information content (AvgIpc) is 2.44. The highest BCUT2D eigenvalue weighted by atomic mass is 16.5. The van der Waals surface area contributed by atoms with Gasteiger partial charge in [0.1, 0.15) is 0 Å². The summed E-state index contributed by atoms with van der Waals surface area (Å²) in [6, 6.07) is 8.17. The summed E-state index contributed by atoms with van der Waals surface area (Å²) < 4.78 is 16.4. The molecule has 0 fully saturated rings. The second kappa shape index (κ2) is 9.64. The lowest BCUT2D eigenvalue weighted by Crippen LogP contribution is -2.30. The van der Waals surface area contributed by atoms with Crippen molar-refractivity contribution in [3.05, 3.63) is 24.3 Å².